The van der Waals surface area contributed by atoms with Crippen LogP contribution >= 0.6 is 0 Å². The molecule has 1 rings (SSSR count). The molecule has 6 nitrogen and oxygen atoms in total. The molecule has 1 unspecified atom stereocenters. The number of hydrogen-bond donors (Lipinski definition) is 3. The monoisotopic (exact) mass is 266 g/mol. The van der Waals surface area contributed by atoms with E-state index in [-0.39, 0.29) is 18.7 Å². The molecule has 106 valence electrons. The summed E-state index contributed by atoms with van der Waals surface area (Å²) in [5.41, 5.74) is 0.757. The van der Waals surface area contributed by atoms with E-state index in [1.54, 1.807) is 19.2 Å². The van der Waals surface area contributed by atoms with Crippen LogP contribution in [0, 0.1) is 12.8 Å². The molecule has 19 heavy (non-hydrogen) atoms. The molecule has 2 amide bonds. The molecular weight excluding hydrogens is 244 g/mol. The second kappa shape index (κ2) is 7.68. The van der Waals surface area contributed by atoms with Gasteiger partial charge in [0.25, 0.3) is 0 Å². The molecule has 0 saturated carbocycles. The molecule has 0 aliphatic heterocycles. The highest BCUT2D eigenvalue weighted by Gasteiger charge is 2.12. The van der Waals surface area contributed by atoms with E-state index in [9.17, 15) is 9.90 Å². The second-order valence-corrected chi connectivity index (χ2v) is 4.93. The van der Waals surface area contributed by atoms with Crippen molar-refractivity contribution in [3.8, 4) is 0 Å². The minimum absolute atomic E-state index is 0.0573. The van der Waals surface area contributed by atoms with Gasteiger partial charge in [-0.15, -0.1) is 0 Å². The lowest BCUT2D eigenvalue weighted by Crippen LogP contribution is -2.44. The normalized spacial score (nSPS) is 12.3. The maximum absolute atomic E-state index is 11.7. The third-order valence-corrected chi connectivity index (χ3v) is 2.58. The van der Waals surface area contributed by atoms with Gasteiger partial charge >= 0.3 is 6.03 Å². The van der Waals surface area contributed by atoms with Gasteiger partial charge < -0.3 is 15.7 Å². The molecule has 3 N–H and O–H groups in total. The number of rotatable bonds is 6. The number of carbonyl (C=O) groups excluding carboxylic acids is 1. The Morgan fingerprint density at radius 1 is 1.47 bits per heavy atom. The molecule has 1 heterocycles. The van der Waals surface area contributed by atoms with Crippen molar-refractivity contribution in [2.75, 3.05) is 6.61 Å². The van der Waals surface area contributed by atoms with Crippen molar-refractivity contribution in [2.24, 2.45) is 5.92 Å². The maximum atomic E-state index is 11.7. The van der Waals surface area contributed by atoms with E-state index in [4.69, 9.17) is 0 Å². The van der Waals surface area contributed by atoms with Crippen LogP contribution < -0.4 is 10.6 Å². The van der Waals surface area contributed by atoms with Gasteiger partial charge in [0.1, 0.15) is 5.82 Å². The molecule has 0 bridgehead atoms. The first-order valence-corrected chi connectivity index (χ1v) is 6.45. The Kier molecular flexibility index (Phi) is 6.21. The average Bonchev–Trinajstić information content (AvgIpc) is 2.35. The van der Waals surface area contributed by atoms with Gasteiger partial charge in [0.05, 0.1) is 24.9 Å². The molecule has 1 atom stereocenters. The summed E-state index contributed by atoms with van der Waals surface area (Å²) >= 11 is 0. The zero-order valence-electron chi connectivity index (χ0n) is 11.7. The predicted octanol–water partition coefficient (Wildman–Crippen LogP) is 0.991. The van der Waals surface area contributed by atoms with Crippen LogP contribution in [0.4, 0.5) is 4.79 Å². The van der Waals surface area contributed by atoms with E-state index in [0.717, 1.165) is 12.1 Å². The summed E-state index contributed by atoms with van der Waals surface area (Å²) in [5, 5.41) is 14.6. The highest BCUT2D eigenvalue weighted by molar-refractivity contribution is 5.74. The summed E-state index contributed by atoms with van der Waals surface area (Å²) in [7, 11) is 0. The number of hydrogen-bond acceptors (Lipinski definition) is 4. The third kappa shape index (κ3) is 6.15. The summed E-state index contributed by atoms with van der Waals surface area (Å²) in [6.45, 7) is 6.18. The smallest absolute Gasteiger partial charge is 0.315 e. The van der Waals surface area contributed by atoms with E-state index in [2.05, 4.69) is 20.6 Å². The lowest BCUT2D eigenvalue weighted by atomic mass is 10.0. The van der Waals surface area contributed by atoms with Gasteiger partial charge in [-0.3, -0.25) is 0 Å². The Morgan fingerprint density at radius 3 is 2.79 bits per heavy atom. The first-order valence-electron chi connectivity index (χ1n) is 6.45. The van der Waals surface area contributed by atoms with Crippen LogP contribution in [0.2, 0.25) is 0 Å². The molecule has 0 radical (unpaired) electrons. The topological polar surface area (TPSA) is 87.1 Å². The van der Waals surface area contributed by atoms with Gasteiger partial charge in [-0.05, 0) is 25.3 Å². The van der Waals surface area contributed by atoms with E-state index in [1.807, 2.05) is 13.8 Å². The Hall–Kier alpha value is -1.69. The molecule has 6 heteroatoms. The second-order valence-electron chi connectivity index (χ2n) is 4.93. The fraction of sp³-hybridized carbons (Fsp3) is 0.615. The minimum Gasteiger partial charge on any atom is -0.394 e. The quantitative estimate of drug-likeness (QED) is 0.716. The number of aryl methyl sites for hydroxylation is 1. The van der Waals surface area contributed by atoms with Gasteiger partial charge in [0.2, 0.25) is 0 Å². The number of nitrogens with one attached hydrogen (secondary N) is 2. The van der Waals surface area contributed by atoms with Crippen molar-refractivity contribution in [1.82, 2.24) is 20.6 Å². The Labute approximate surface area is 113 Å². The van der Waals surface area contributed by atoms with E-state index in [1.165, 1.54) is 0 Å². The van der Waals surface area contributed by atoms with Gasteiger partial charge in [0, 0.05) is 6.20 Å². The van der Waals surface area contributed by atoms with Crippen LogP contribution in [0.25, 0.3) is 0 Å². The Bertz CT molecular complexity index is 409. The highest BCUT2D eigenvalue weighted by Crippen LogP contribution is 2.03. The molecule has 0 fully saturated rings. The van der Waals surface area contributed by atoms with Gasteiger partial charge in [-0.2, -0.15) is 0 Å². The first-order chi connectivity index (χ1) is 9.01. The third-order valence-electron chi connectivity index (χ3n) is 2.58. The number of aliphatic hydroxyl groups excluding tert-OH is 1. The van der Waals surface area contributed by atoms with Gasteiger partial charge in [-0.25, -0.2) is 14.8 Å². The SMILES string of the molecule is Cc1nccc(CNC(=O)NC(CO)CC(C)C)n1. The minimum atomic E-state index is -0.295. The number of urea groups is 1. The zero-order valence-corrected chi connectivity index (χ0v) is 11.7. The first kappa shape index (κ1) is 15.4. The number of carbonyl (C=O) groups is 1. The summed E-state index contributed by atoms with van der Waals surface area (Å²) in [5.74, 6) is 1.09. The fourth-order valence-electron chi connectivity index (χ4n) is 1.76. The average molecular weight is 266 g/mol. The molecule has 0 aliphatic rings. The molecule has 1 aromatic heterocycles. The van der Waals surface area contributed by atoms with Crippen molar-refractivity contribution >= 4 is 6.03 Å². The van der Waals surface area contributed by atoms with E-state index < -0.39 is 0 Å². The van der Waals surface area contributed by atoms with Crippen molar-refractivity contribution < 1.29 is 9.90 Å². The Balaban J connectivity index is 2.38. The largest absolute Gasteiger partial charge is 0.394 e. The molecule has 1 aromatic rings. The molecular formula is C13H22N4O2. The molecule has 0 aliphatic carbocycles. The summed E-state index contributed by atoms with van der Waals surface area (Å²) < 4.78 is 0. The van der Waals surface area contributed by atoms with E-state index >= 15 is 0 Å². The summed E-state index contributed by atoms with van der Waals surface area (Å²) in [4.78, 5) is 19.9. The molecule has 0 spiro atoms. The highest BCUT2D eigenvalue weighted by atomic mass is 16.3. The maximum Gasteiger partial charge on any atom is 0.315 e. The number of aliphatic hydroxyl groups is 1. The van der Waals surface area contributed by atoms with Crippen LogP contribution in [0.1, 0.15) is 31.8 Å². The number of amides is 2. The Morgan fingerprint density at radius 2 is 2.21 bits per heavy atom. The van der Waals surface area contributed by atoms with Crippen molar-refractivity contribution in [2.45, 2.75) is 39.8 Å². The summed E-state index contributed by atoms with van der Waals surface area (Å²) in [6.07, 6.45) is 2.41. The van der Waals surface area contributed by atoms with Gasteiger partial charge in [-0.1, -0.05) is 13.8 Å². The van der Waals surface area contributed by atoms with Crippen molar-refractivity contribution in [3.05, 3.63) is 23.8 Å². The van der Waals surface area contributed by atoms with E-state index in [0.29, 0.717) is 18.3 Å². The van der Waals surface area contributed by atoms with Crippen LogP contribution in [0.5, 0.6) is 0 Å². The molecule has 0 aromatic carbocycles. The number of aromatic nitrogens is 2. The van der Waals surface area contributed by atoms with Crippen LogP contribution in [-0.4, -0.2) is 33.8 Å². The predicted molar refractivity (Wildman–Crippen MR) is 72.5 cm³/mol. The molecule has 0 saturated heterocycles. The standard InChI is InChI=1S/C13H22N4O2/c1-9(2)6-12(8-18)17-13(19)15-7-11-4-5-14-10(3)16-11/h4-5,9,12,18H,6-8H2,1-3H3,(H2,15,17,19). The summed E-state index contributed by atoms with van der Waals surface area (Å²) in [6, 6.07) is 1.24. The van der Waals surface area contributed by atoms with Gasteiger partial charge in [0.15, 0.2) is 0 Å². The lowest BCUT2D eigenvalue weighted by Gasteiger charge is -2.18. The van der Waals surface area contributed by atoms with Crippen molar-refractivity contribution in [3.63, 3.8) is 0 Å². The van der Waals surface area contributed by atoms with Crippen LogP contribution in [0.15, 0.2) is 12.3 Å². The van der Waals surface area contributed by atoms with Crippen molar-refractivity contribution in [1.29, 1.82) is 0 Å². The van der Waals surface area contributed by atoms with Crippen LogP contribution in [-0.2, 0) is 6.54 Å². The fourth-order valence-corrected chi connectivity index (χ4v) is 1.76. The van der Waals surface area contributed by atoms with Crippen LogP contribution in [0.3, 0.4) is 0 Å². The lowest BCUT2D eigenvalue weighted by molar-refractivity contribution is 0.206. The zero-order chi connectivity index (χ0) is 14.3. The number of nitrogens with zero attached hydrogens (tertiary/aromatic N) is 2.